The highest BCUT2D eigenvalue weighted by molar-refractivity contribution is 5.81. The quantitative estimate of drug-likeness (QED) is 0.736. The van der Waals surface area contributed by atoms with Gasteiger partial charge in [0.1, 0.15) is 5.82 Å². The summed E-state index contributed by atoms with van der Waals surface area (Å²) in [6.07, 6.45) is 7.26. The number of H-pyrrole nitrogens is 1. The topological polar surface area (TPSA) is 46.5 Å². The third kappa shape index (κ3) is 2.48. The van der Waals surface area contributed by atoms with E-state index in [0.717, 1.165) is 34.7 Å². The Balaban J connectivity index is 1.78. The second-order valence-corrected chi connectivity index (χ2v) is 6.88. The number of nitrogens with zero attached hydrogens (tertiary/aromatic N) is 3. The number of hydrogen-bond donors (Lipinski definition) is 1. The summed E-state index contributed by atoms with van der Waals surface area (Å²) in [6, 6.07) is 6.29. The Kier molecular flexibility index (Phi) is 3.41. The minimum absolute atomic E-state index is 0.491. The first-order valence-corrected chi connectivity index (χ1v) is 8.40. The molecule has 1 unspecified atom stereocenters. The van der Waals surface area contributed by atoms with Crippen LogP contribution in [-0.2, 0) is 0 Å². The van der Waals surface area contributed by atoms with Crippen LogP contribution in [0.4, 0.5) is 0 Å². The minimum atomic E-state index is 0.491. The van der Waals surface area contributed by atoms with Crippen molar-refractivity contribution in [1.82, 2.24) is 19.5 Å². The summed E-state index contributed by atoms with van der Waals surface area (Å²) in [5.74, 6) is 1.48. The molecule has 4 nitrogen and oxygen atoms in total. The fraction of sp³-hybridized carbons (Fsp3) is 0.300. The second-order valence-electron chi connectivity index (χ2n) is 6.88. The molecule has 2 aromatic heterocycles. The molecule has 1 N–H and O–H groups in total. The molecular weight excluding hydrogens is 296 g/mol. The number of rotatable bonds is 2. The molecule has 24 heavy (non-hydrogen) atoms. The maximum atomic E-state index is 4.81. The van der Waals surface area contributed by atoms with Gasteiger partial charge in [-0.05, 0) is 56.9 Å². The fourth-order valence-corrected chi connectivity index (χ4v) is 3.39. The highest BCUT2D eigenvalue weighted by Gasteiger charge is 2.20. The van der Waals surface area contributed by atoms with E-state index in [1.807, 2.05) is 24.0 Å². The number of nitrogens with one attached hydrogen (secondary N) is 1. The van der Waals surface area contributed by atoms with Crippen LogP contribution in [0.5, 0.6) is 0 Å². The molecule has 0 spiro atoms. The molecule has 1 aliphatic rings. The Morgan fingerprint density at radius 2 is 2.04 bits per heavy atom. The summed E-state index contributed by atoms with van der Waals surface area (Å²) in [5, 5.41) is 0. The standard InChI is InChI=1S/C20H22N4/c1-12-7-14(3)17(8-13(12)2)20-22-18-6-5-16(9-19(18)23-20)24-10-15(4)21-11-24/h5-6,8-11,14H,7H2,1-4H3,(H,22,23). The molecule has 3 aromatic rings. The molecule has 0 bridgehead atoms. The normalized spacial score (nSPS) is 18.3. The number of aryl methyl sites for hydroxylation is 1. The van der Waals surface area contributed by atoms with Crippen molar-refractivity contribution < 1.29 is 0 Å². The van der Waals surface area contributed by atoms with E-state index >= 15 is 0 Å². The van der Waals surface area contributed by atoms with E-state index in [-0.39, 0.29) is 0 Å². The van der Waals surface area contributed by atoms with Crippen LogP contribution < -0.4 is 0 Å². The van der Waals surface area contributed by atoms with Gasteiger partial charge < -0.3 is 9.55 Å². The number of fused-ring (bicyclic) bond motifs is 1. The molecule has 122 valence electrons. The van der Waals surface area contributed by atoms with Crippen LogP contribution in [0.25, 0.3) is 22.3 Å². The lowest BCUT2D eigenvalue weighted by Gasteiger charge is -2.21. The summed E-state index contributed by atoms with van der Waals surface area (Å²) in [4.78, 5) is 12.6. The largest absolute Gasteiger partial charge is 0.338 e. The zero-order valence-corrected chi connectivity index (χ0v) is 14.6. The molecule has 1 aliphatic carbocycles. The first-order chi connectivity index (χ1) is 11.5. The fourth-order valence-electron chi connectivity index (χ4n) is 3.39. The number of imidazole rings is 2. The minimum Gasteiger partial charge on any atom is -0.338 e. The molecule has 1 aromatic carbocycles. The third-order valence-electron chi connectivity index (χ3n) is 4.94. The van der Waals surface area contributed by atoms with Crippen molar-refractivity contribution in [2.24, 2.45) is 5.92 Å². The van der Waals surface area contributed by atoms with Gasteiger partial charge in [0, 0.05) is 11.9 Å². The van der Waals surface area contributed by atoms with E-state index in [0.29, 0.717) is 5.92 Å². The SMILES string of the molecule is CC1=C(C)CC(C)C(c2nc3ccc(-n4cnc(C)c4)cc3[nH]2)=C1. The van der Waals surface area contributed by atoms with E-state index in [4.69, 9.17) is 4.98 Å². The van der Waals surface area contributed by atoms with E-state index in [2.05, 4.69) is 55.0 Å². The van der Waals surface area contributed by atoms with E-state index in [1.165, 1.54) is 16.7 Å². The molecule has 0 amide bonds. The van der Waals surface area contributed by atoms with Crippen LogP contribution in [0.15, 0.2) is 47.9 Å². The Morgan fingerprint density at radius 1 is 1.21 bits per heavy atom. The molecular formula is C20H22N4. The molecule has 0 fully saturated rings. The highest BCUT2D eigenvalue weighted by Crippen LogP contribution is 2.34. The molecule has 0 saturated carbocycles. The molecule has 4 heteroatoms. The molecule has 0 radical (unpaired) electrons. The predicted molar refractivity (Wildman–Crippen MR) is 98.1 cm³/mol. The van der Waals surface area contributed by atoms with Crippen LogP contribution in [0, 0.1) is 12.8 Å². The van der Waals surface area contributed by atoms with Gasteiger partial charge in [-0.1, -0.05) is 24.1 Å². The molecule has 2 heterocycles. The van der Waals surface area contributed by atoms with Gasteiger partial charge in [0.2, 0.25) is 0 Å². The lowest BCUT2D eigenvalue weighted by molar-refractivity contribution is 0.714. The lowest BCUT2D eigenvalue weighted by atomic mass is 9.85. The van der Waals surface area contributed by atoms with E-state index < -0.39 is 0 Å². The maximum Gasteiger partial charge on any atom is 0.134 e. The second kappa shape index (κ2) is 5.48. The van der Waals surface area contributed by atoms with Crippen LogP contribution in [0.1, 0.15) is 38.7 Å². The van der Waals surface area contributed by atoms with Gasteiger partial charge in [0.15, 0.2) is 0 Å². The zero-order chi connectivity index (χ0) is 16.8. The van der Waals surface area contributed by atoms with Crippen LogP contribution in [0.3, 0.4) is 0 Å². The number of aromatic nitrogens is 4. The summed E-state index contributed by atoms with van der Waals surface area (Å²) >= 11 is 0. The predicted octanol–water partition coefficient (Wildman–Crippen LogP) is 4.82. The molecule has 0 saturated heterocycles. The van der Waals surface area contributed by atoms with Crippen LogP contribution >= 0.6 is 0 Å². The zero-order valence-electron chi connectivity index (χ0n) is 14.6. The molecule has 4 rings (SSSR count). The van der Waals surface area contributed by atoms with Gasteiger partial charge in [-0.15, -0.1) is 0 Å². The van der Waals surface area contributed by atoms with Crippen LogP contribution in [-0.4, -0.2) is 19.5 Å². The van der Waals surface area contributed by atoms with Crippen molar-refractivity contribution in [3.63, 3.8) is 0 Å². The van der Waals surface area contributed by atoms with Gasteiger partial charge >= 0.3 is 0 Å². The summed E-state index contributed by atoms with van der Waals surface area (Å²) in [5.41, 5.74) is 8.30. The van der Waals surface area contributed by atoms with E-state index in [9.17, 15) is 0 Å². The van der Waals surface area contributed by atoms with Crippen molar-refractivity contribution in [2.75, 3.05) is 0 Å². The average Bonchev–Trinajstić information content (AvgIpc) is 3.16. The smallest absolute Gasteiger partial charge is 0.134 e. The highest BCUT2D eigenvalue weighted by atomic mass is 15.0. The third-order valence-corrected chi connectivity index (χ3v) is 4.94. The number of aromatic amines is 1. The number of benzene rings is 1. The van der Waals surface area contributed by atoms with Gasteiger partial charge in [0.25, 0.3) is 0 Å². The van der Waals surface area contributed by atoms with Crippen molar-refractivity contribution >= 4 is 16.6 Å². The van der Waals surface area contributed by atoms with E-state index in [1.54, 1.807) is 0 Å². The Labute approximate surface area is 142 Å². The van der Waals surface area contributed by atoms with Crippen molar-refractivity contribution in [3.8, 4) is 5.69 Å². The number of hydrogen-bond acceptors (Lipinski definition) is 2. The first kappa shape index (κ1) is 14.9. The Bertz CT molecular complexity index is 984. The molecule has 0 aliphatic heterocycles. The Hall–Kier alpha value is -2.62. The average molecular weight is 318 g/mol. The van der Waals surface area contributed by atoms with Gasteiger partial charge in [-0.25, -0.2) is 9.97 Å². The van der Waals surface area contributed by atoms with Crippen molar-refractivity contribution in [2.45, 2.75) is 34.1 Å². The first-order valence-electron chi connectivity index (χ1n) is 8.40. The van der Waals surface area contributed by atoms with Gasteiger partial charge in [0.05, 0.1) is 23.1 Å². The number of allylic oxidation sites excluding steroid dienone is 4. The molecule has 1 atom stereocenters. The van der Waals surface area contributed by atoms with Crippen LogP contribution in [0.2, 0.25) is 0 Å². The Morgan fingerprint density at radius 3 is 2.79 bits per heavy atom. The van der Waals surface area contributed by atoms with Crippen molar-refractivity contribution in [1.29, 1.82) is 0 Å². The lowest BCUT2D eigenvalue weighted by Crippen LogP contribution is -2.07. The van der Waals surface area contributed by atoms with Gasteiger partial charge in [-0.3, -0.25) is 0 Å². The van der Waals surface area contributed by atoms with Crippen molar-refractivity contribution in [3.05, 3.63) is 59.5 Å². The summed E-state index contributed by atoms with van der Waals surface area (Å²) < 4.78 is 2.04. The summed E-state index contributed by atoms with van der Waals surface area (Å²) in [7, 11) is 0. The van der Waals surface area contributed by atoms with Gasteiger partial charge in [-0.2, -0.15) is 0 Å². The monoisotopic (exact) mass is 318 g/mol. The summed E-state index contributed by atoms with van der Waals surface area (Å²) in [6.45, 7) is 8.67. The maximum absolute atomic E-state index is 4.81.